The highest BCUT2D eigenvalue weighted by Gasteiger charge is 2.20. The van der Waals surface area contributed by atoms with Gasteiger partial charge >= 0.3 is 0 Å². The third kappa shape index (κ3) is 3.81. The van der Waals surface area contributed by atoms with Gasteiger partial charge in [0.25, 0.3) is 10.0 Å². The highest BCUT2D eigenvalue weighted by atomic mass is 32.2. The summed E-state index contributed by atoms with van der Waals surface area (Å²) in [5.74, 6) is -0.198. The van der Waals surface area contributed by atoms with Gasteiger partial charge in [0.15, 0.2) is 0 Å². The van der Waals surface area contributed by atoms with Crippen molar-refractivity contribution in [3.63, 3.8) is 0 Å². The zero-order valence-electron chi connectivity index (χ0n) is 13.8. The van der Waals surface area contributed by atoms with Crippen molar-refractivity contribution < 1.29 is 13.2 Å². The minimum Gasteiger partial charge on any atom is -0.288 e. The van der Waals surface area contributed by atoms with Gasteiger partial charge in [0.1, 0.15) is 0 Å². The molecule has 4 nitrogen and oxygen atoms in total. The molecule has 3 rings (SSSR count). The Hall–Kier alpha value is -2.44. The molecule has 0 unspecified atom stereocenters. The zero-order valence-corrected chi connectivity index (χ0v) is 15.4. The van der Waals surface area contributed by atoms with E-state index in [2.05, 4.69) is 4.72 Å². The van der Waals surface area contributed by atoms with Crippen LogP contribution in [0.1, 0.15) is 26.4 Å². The van der Waals surface area contributed by atoms with Gasteiger partial charge < -0.3 is 0 Å². The molecule has 1 aromatic heterocycles. The summed E-state index contributed by atoms with van der Waals surface area (Å²) < 4.78 is 27.9. The van der Waals surface area contributed by atoms with E-state index in [4.69, 9.17) is 0 Å². The van der Waals surface area contributed by atoms with Gasteiger partial charge in [-0.2, -0.15) is 0 Å². The Bertz CT molecular complexity index is 1010. The molecule has 1 N–H and O–H groups in total. The summed E-state index contributed by atoms with van der Waals surface area (Å²) >= 11 is 1.33. The average Bonchev–Trinajstić information content (AvgIpc) is 3.09. The van der Waals surface area contributed by atoms with Crippen LogP contribution >= 0.6 is 11.3 Å². The van der Waals surface area contributed by atoms with Crippen LogP contribution < -0.4 is 4.72 Å². The molecule has 0 radical (unpaired) electrons. The molecule has 2 aromatic carbocycles. The zero-order chi connectivity index (χ0) is 18.0. The SMILES string of the molecule is Cc1ccc(S(=O)(=O)Nc2cc(C)ccc2C(=O)c2cccs2)cc1. The van der Waals surface area contributed by atoms with Crippen molar-refractivity contribution in [2.45, 2.75) is 18.7 Å². The number of aryl methyl sites for hydroxylation is 2. The van der Waals surface area contributed by atoms with Crippen LogP contribution in [0.2, 0.25) is 0 Å². The predicted octanol–water partition coefficient (Wildman–Crippen LogP) is 4.40. The molecule has 0 atom stereocenters. The molecular formula is C19H17NO3S2. The Morgan fingerprint density at radius 3 is 2.28 bits per heavy atom. The lowest BCUT2D eigenvalue weighted by Crippen LogP contribution is -2.16. The van der Waals surface area contributed by atoms with Crippen LogP contribution in [0.4, 0.5) is 5.69 Å². The van der Waals surface area contributed by atoms with Gasteiger partial charge in [-0.15, -0.1) is 11.3 Å². The quantitative estimate of drug-likeness (QED) is 0.676. The summed E-state index contributed by atoms with van der Waals surface area (Å²) in [6.07, 6.45) is 0. The van der Waals surface area contributed by atoms with E-state index in [9.17, 15) is 13.2 Å². The summed E-state index contributed by atoms with van der Waals surface area (Å²) in [5, 5.41) is 1.82. The molecule has 128 valence electrons. The fourth-order valence-corrected chi connectivity index (χ4v) is 4.15. The third-order valence-electron chi connectivity index (χ3n) is 3.74. The number of carbonyl (C=O) groups excluding carboxylic acids is 1. The number of ketones is 1. The van der Waals surface area contributed by atoms with Crippen molar-refractivity contribution in [1.82, 2.24) is 0 Å². The van der Waals surface area contributed by atoms with E-state index in [1.54, 1.807) is 54.6 Å². The normalized spacial score (nSPS) is 11.3. The number of hydrogen-bond donors (Lipinski definition) is 1. The molecule has 0 aliphatic heterocycles. The number of rotatable bonds is 5. The Labute approximate surface area is 151 Å². The number of benzene rings is 2. The molecule has 0 spiro atoms. The number of hydrogen-bond acceptors (Lipinski definition) is 4. The molecule has 25 heavy (non-hydrogen) atoms. The van der Waals surface area contributed by atoms with Gasteiger partial charge in [-0.05, 0) is 55.1 Å². The van der Waals surface area contributed by atoms with Crippen LogP contribution in [0.5, 0.6) is 0 Å². The number of sulfonamides is 1. The van der Waals surface area contributed by atoms with Crippen LogP contribution in [0.15, 0.2) is 64.9 Å². The minimum absolute atomic E-state index is 0.161. The second kappa shape index (κ2) is 6.82. The Morgan fingerprint density at radius 1 is 0.960 bits per heavy atom. The van der Waals surface area contributed by atoms with Gasteiger partial charge in [-0.1, -0.05) is 29.8 Å². The molecule has 0 saturated heterocycles. The first-order valence-electron chi connectivity index (χ1n) is 7.65. The average molecular weight is 371 g/mol. The van der Waals surface area contributed by atoms with Crippen molar-refractivity contribution in [3.8, 4) is 0 Å². The molecule has 3 aromatic rings. The maximum Gasteiger partial charge on any atom is 0.261 e. The first kappa shape index (κ1) is 17.4. The second-order valence-electron chi connectivity index (χ2n) is 5.77. The minimum atomic E-state index is -3.77. The van der Waals surface area contributed by atoms with Gasteiger partial charge in [0.05, 0.1) is 15.5 Å². The summed E-state index contributed by atoms with van der Waals surface area (Å²) in [7, 11) is -3.77. The van der Waals surface area contributed by atoms with Crippen molar-refractivity contribution in [3.05, 3.63) is 81.5 Å². The summed E-state index contributed by atoms with van der Waals surface area (Å²) in [5.41, 5.74) is 2.47. The van der Waals surface area contributed by atoms with Crippen LogP contribution in [-0.2, 0) is 10.0 Å². The maximum absolute atomic E-state index is 12.7. The fourth-order valence-electron chi connectivity index (χ4n) is 2.40. The second-order valence-corrected chi connectivity index (χ2v) is 8.40. The van der Waals surface area contributed by atoms with E-state index in [1.165, 1.54) is 11.3 Å². The first-order valence-corrected chi connectivity index (χ1v) is 10.0. The highest BCUT2D eigenvalue weighted by Crippen LogP contribution is 2.25. The summed E-state index contributed by atoms with van der Waals surface area (Å²) in [6.45, 7) is 3.74. The van der Waals surface area contributed by atoms with Gasteiger partial charge in [0, 0.05) is 5.56 Å². The number of carbonyl (C=O) groups is 1. The van der Waals surface area contributed by atoms with Crippen LogP contribution in [0, 0.1) is 13.8 Å². The standard InChI is InChI=1S/C19H17NO3S2/c1-13-5-8-15(9-6-13)25(22,23)20-17-12-14(2)7-10-16(17)19(21)18-4-3-11-24-18/h3-12,20H,1-2H3. The summed E-state index contributed by atoms with van der Waals surface area (Å²) in [4.78, 5) is 13.4. The van der Waals surface area contributed by atoms with Crippen LogP contribution in [-0.4, -0.2) is 14.2 Å². The number of anilines is 1. The van der Waals surface area contributed by atoms with Gasteiger partial charge in [0.2, 0.25) is 5.78 Å². The van der Waals surface area contributed by atoms with E-state index >= 15 is 0 Å². The van der Waals surface area contributed by atoms with E-state index in [0.29, 0.717) is 16.1 Å². The third-order valence-corrected chi connectivity index (χ3v) is 5.99. The maximum atomic E-state index is 12.7. The predicted molar refractivity (Wildman–Crippen MR) is 101 cm³/mol. The smallest absolute Gasteiger partial charge is 0.261 e. The van der Waals surface area contributed by atoms with Gasteiger partial charge in [-0.3, -0.25) is 9.52 Å². The molecule has 0 aliphatic carbocycles. The van der Waals surface area contributed by atoms with Crippen molar-refractivity contribution in [2.24, 2.45) is 0 Å². The van der Waals surface area contributed by atoms with E-state index < -0.39 is 10.0 Å². The number of nitrogens with one attached hydrogen (secondary N) is 1. The first-order chi connectivity index (χ1) is 11.9. The monoisotopic (exact) mass is 371 g/mol. The molecule has 0 aliphatic rings. The highest BCUT2D eigenvalue weighted by molar-refractivity contribution is 7.92. The molecule has 1 heterocycles. The molecule has 0 saturated carbocycles. The van der Waals surface area contributed by atoms with Gasteiger partial charge in [-0.25, -0.2) is 8.42 Å². The lowest BCUT2D eigenvalue weighted by molar-refractivity contribution is 0.104. The topological polar surface area (TPSA) is 63.2 Å². The Balaban J connectivity index is 2.01. The lowest BCUT2D eigenvalue weighted by atomic mass is 10.1. The Morgan fingerprint density at radius 2 is 1.64 bits per heavy atom. The summed E-state index contributed by atoms with van der Waals surface area (Å²) in [6, 6.07) is 15.2. The molecular weight excluding hydrogens is 354 g/mol. The van der Waals surface area contributed by atoms with Crippen molar-refractivity contribution in [2.75, 3.05) is 4.72 Å². The van der Waals surface area contributed by atoms with Crippen LogP contribution in [0.3, 0.4) is 0 Å². The fraction of sp³-hybridized carbons (Fsp3) is 0.105. The number of thiophene rings is 1. The lowest BCUT2D eigenvalue weighted by Gasteiger charge is -2.13. The van der Waals surface area contributed by atoms with E-state index in [1.807, 2.05) is 19.2 Å². The molecule has 6 heteroatoms. The molecule has 0 amide bonds. The van der Waals surface area contributed by atoms with Crippen LogP contribution in [0.25, 0.3) is 0 Å². The molecule has 0 bridgehead atoms. The largest absolute Gasteiger partial charge is 0.288 e. The Kier molecular flexibility index (Phi) is 4.74. The van der Waals surface area contributed by atoms with E-state index in [0.717, 1.165) is 11.1 Å². The van der Waals surface area contributed by atoms with E-state index in [-0.39, 0.29) is 10.7 Å². The van der Waals surface area contributed by atoms with Crippen molar-refractivity contribution in [1.29, 1.82) is 0 Å². The molecule has 0 fully saturated rings. The van der Waals surface area contributed by atoms with Crippen molar-refractivity contribution >= 4 is 32.8 Å².